The van der Waals surface area contributed by atoms with Crippen molar-refractivity contribution in [3.63, 3.8) is 0 Å². The van der Waals surface area contributed by atoms with Gasteiger partial charge in [0.1, 0.15) is 12.1 Å². The molecule has 0 spiro atoms. The number of hydrogen-bond donors (Lipinski definition) is 1. The molecule has 0 bridgehead atoms. The second-order valence-electron chi connectivity index (χ2n) is 6.25. The van der Waals surface area contributed by atoms with Crippen molar-refractivity contribution in [3.8, 4) is 0 Å². The molecule has 1 atom stereocenters. The lowest BCUT2D eigenvalue weighted by Crippen LogP contribution is -2.40. The molecule has 1 unspecified atom stereocenters. The minimum atomic E-state index is -0.410. The van der Waals surface area contributed by atoms with Gasteiger partial charge in [-0.2, -0.15) is 0 Å². The van der Waals surface area contributed by atoms with Crippen molar-refractivity contribution in [1.29, 1.82) is 0 Å². The summed E-state index contributed by atoms with van der Waals surface area (Å²) in [6, 6.07) is 3.94. The van der Waals surface area contributed by atoms with Gasteiger partial charge in [-0.1, -0.05) is 13.0 Å². The summed E-state index contributed by atoms with van der Waals surface area (Å²) in [4.78, 5) is 26.0. The number of piperidine rings is 1. The Kier molecular flexibility index (Phi) is 5.06. The Morgan fingerprint density at radius 3 is 2.84 bits per heavy atom. The average Bonchev–Trinajstić information content (AvgIpc) is 2.63. The van der Waals surface area contributed by atoms with Gasteiger partial charge >= 0.3 is 5.69 Å². The molecule has 1 saturated heterocycles. The highest BCUT2D eigenvalue weighted by Crippen LogP contribution is 2.36. The molecule has 8 heteroatoms. The molecule has 2 aromatic rings. The Balaban J connectivity index is 1.99. The van der Waals surface area contributed by atoms with Crippen LogP contribution in [-0.4, -0.2) is 32.5 Å². The van der Waals surface area contributed by atoms with Gasteiger partial charge in [0.2, 0.25) is 11.6 Å². The van der Waals surface area contributed by atoms with Gasteiger partial charge in [-0.15, -0.1) is 0 Å². The predicted octanol–water partition coefficient (Wildman–Crippen LogP) is 3.60. The molecule has 0 radical (unpaired) electrons. The zero-order valence-corrected chi connectivity index (χ0v) is 14.5. The number of nitro groups is 1. The van der Waals surface area contributed by atoms with Crippen LogP contribution in [0.1, 0.15) is 38.2 Å². The predicted molar refractivity (Wildman–Crippen MR) is 96.2 cm³/mol. The smallest absolute Gasteiger partial charge is 0.348 e. The minimum Gasteiger partial charge on any atom is -0.348 e. The van der Waals surface area contributed by atoms with Crippen LogP contribution in [0.4, 0.5) is 23.1 Å². The Labute approximate surface area is 146 Å². The van der Waals surface area contributed by atoms with E-state index in [0.717, 1.165) is 37.8 Å². The fourth-order valence-corrected chi connectivity index (χ4v) is 3.21. The molecule has 1 N–H and O–H groups in total. The van der Waals surface area contributed by atoms with E-state index >= 15 is 0 Å². The molecule has 132 valence electrons. The molecule has 1 fully saturated rings. The van der Waals surface area contributed by atoms with Crippen LogP contribution in [0.2, 0.25) is 0 Å². The van der Waals surface area contributed by atoms with Crippen molar-refractivity contribution in [3.05, 3.63) is 40.3 Å². The van der Waals surface area contributed by atoms with Crippen LogP contribution in [0, 0.1) is 17.0 Å². The van der Waals surface area contributed by atoms with Gasteiger partial charge in [-0.05, 0) is 44.2 Å². The lowest BCUT2D eigenvalue weighted by Gasteiger charge is -2.35. The molecular weight excluding hydrogens is 320 g/mol. The number of anilines is 3. The van der Waals surface area contributed by atoms with Crippen molar-refractivity contribution in [2.75, 3.05) is 16.8 Å². The van der Waals surface area contributed by atoms with Crippen molar-refractivity contribution in [1.82, 2.24) is 15.0 Å². The molecule has 8 nitrogen and oxygen atoms in total. The van der Waals surface area contributed by atoms with Crippen LogP contribution in [0.15, 0.2) is 24.7 Å². The maximum atomic E-state index is 11.8. The molecule has 3 rings (SSSR count). The van der Waals surface area contributed by atoms with E-state index in [0.29, 0.717) is 11.6 Å². The van der Waals surface area contributed by atoms with Crippen molar-refractivity contribution in [2.24, 2.45) is 0 Å². The number of rotatable bonds is 5. The maximum absolute atomic E-state index is 11.8. The van der Waals surface area contributed by atoms with E-state index in [1.807, 2.05) is 13.0 Å². The van der Waals surface area contributed by atoms with Crippen molar-refractivity contribution in [2.45, 2.75) is 45.6 Å². The van der Waals surface area contributed by atoms with E-state index in [1.165, 1.54) is 6.33 Å². The fourth-order valence-electron chi connectivity index (χ4n) is 3.21. The van der Waals surface area contributed by atoms with Crippen LogP contribution in [0.25, 0.3) is 0 Å². The van der Waals surface area contributed by atoms with E-state index in [-0.39, 0.29) is 17.5 Å². The first-order valence-corrected chi connectivity index (χ1v) is 8.56. The number of nitrogens with zero attached hydrogens (tertiary/aromatic N) is 5. The summed E-state index contributed by atoms with van der Waals surface area (Å²) in [5.41, 5.74) is 0.924. The Morgan fingerprint density at radius 1 is 1.32 bits per heavy atom. The second-order valence-corrected chi connectivity index (χ2v) is 6.25. The molecule has 0 aromatic carbocycles. The molecule has 0 saturated carbocycles. The first-order valence-electron chi connectivity index (χ1n) is 8.56. The normalized spacial score (nSPS) is 17.4. The van der Waals surface area contributed by atoms with Crippen LogP contribution >= 0.6 is 0 Å². The Hall–Kier alpha value is -2.77. The second kappa shape index (κ2) is 7.42. The molecule has 1 aliphatic heterocycles. The topological polar surface area (TPSA) is 97.1 Å². The third-order valence-corrected chi connectivity index (χ3v) is 4.51. The molecule has 2 aromatic heterocycles. The zero-order chi connectivity index (χ0) is 17.8. The highest BCUT2D eigenvalue weighted by molar-refractivity contribution is 5.73. The largest absolute Gasteiger partial charge is 0.353 e. The van der Waals surface area contributed by atoms with E-state index in [2.05, 4.69) is 32.1 Å². The molecule has 1 aliphatic rings. The van der Waals surface area contributed by atoms with Gasteiger partial charge in [0, 0.05) is 18.8 Å². The Bertz CT molecular complexity index is 749. The van der Waals surface area contributed by atoms with E-state index in [1.54, 1.807) is 12.3 Å². The molecule has 0 aliphatic carbocycles. The number of aromatic nitrogens is 3. The van der Waals surface area contributed by atoms with Crippen LogP contribution in [0.3, 0.4) is 0 Å². The standard InChI is InChI=1S/C17H22N6O2/c1-3-13-6-4-5-9-22(13)17-15(23(24)25)16(19-11-20-17)21-14-8-7-12(2)10-18-14/h7-8,10-11,13H,3-6,9H2,1-2H3,(H,18,19,20,21). The summed E-state index contributed by atoms with van der Waals surface area (Å²) in [5.74, 6) is 1.08. The summed E-state index contributed by atoms with van der Waals surface area (Å²) in [6.07, 6.45) is 7.20. The third-order valence-electron chi connectivity index (χ3n) is 4.51. The maximum Gasteiger partial charge on any atom is 0.353 e. The van der Waals surface area contributed by atoms with Gasteiger partial charge in [0.15, 0.2) is 0 Å². The quantitative estimate of drug-likeness (QED) is 0.655. The van der Waals surface area contributed by atoms with Crippen molar-refractivity contribution < 1.29 is 4.92 Å². The van der Waals surface area contributed by atoms with Gasteiger partial charge < -0.3 is 10.2 Å². The van der Waals surface area contributed by atoms with Gasteiger partial charge in [-0.25, -0.2) is 15.0 Å². The van der Waals surface area contributed by atoms with Crippen molar-refractivity contribution >= 4 is 23.1 Å². The molecular formula is C17H22N6O2. The summed E-state index contributed by atoms with van der Waals surface area (Å²) in [6.45, 7) is 4.81. The monoisotopic (exact) mass is 342 g/mol. The fraction of sp³-hybridized carbons (Fsp3) is 0.471. The van der Waals surface area contributed by atoms with Crippen LogP contribution < -0.4 is 10.2 Å². The van der Waals surface area contributed by atoms with E-state index < -0.39 is 4.92 Å². The average molecular weight is 342 g/mol. The number of pyridine rings is 1. The first kappa shape index (κ1) is 17.1. The van der Waals surface area contributed by atoms with Gasteiger partial charge in [0.25, 0.3) is 0 Å². The summed E-state index contributed by atoms with van der Waals surface area (Å²) in [5, 5.41) is 14.7. The van der Waals surface area contributed by atoms with Crippen LogP contribution in [-0.2, 0) is 0 Å². The van der Waals surface area contributed by atoms with Crippen LogP contribution in [0.5, 0.6) is 0 Å². The van der Waals surface area contributed by atoms with Gasteiger partial charge in [-0.3, -0.25) is 10.1 Å². The lowest BCUT2D eigenvalue weighted by molar-refractivity contribution is -0.383. The summed E-state index contributed by atoms with van der Waals surface area (Å²) < 4.78 is 0. The number of aryl methyl sites for hydroxylation is 1. The number of hydrogen-bond acceptors (Lipinski definition) is 7. The molecule has 3 heterocycles. The zero-order valence-electron chi connectivity index (χ0n) is 14.5. The highest BCUT2D eigenvalue weighted by Gasteiger charge is 2.31. The summed E-state index contributed by atoms with van der Waals surface area (Å²) >= 11 is 0. The highest BCUT2D eigenvalue weighted by atomic mass is 16.6. The third kappa shape index (κ3) is 3.67. The molecule has 25 heavy (non-hydrogen) atoms. The Morgan fingerprint density at radius 2 is 2.16 bits per heavy atom. The molecule has 0 amide bonds. The first-order chi connectivity index (χ1) is 12.1. The lowest BCUT2D eigenvalue weighted by atomic mass is 10.00. The van der Waals surface area contributed by atoms with E-state index in [9.17, 15) is 10.1 Å². The SMILES string of the molecule is CCC1CCCCN1c1ncnc(Nc2ccc(C)cn2)c1[N+](=O)[O-]. The number of nitrogens with one attached hydrogen (secondary N) is 1. The summed E-state index contributed by atoms with van der Waals surface area (Å²) in [7, 11) is 0. The van der Waals surface area contributed by atoms with Gasteiger partial charge in [0.05, 0.1) is 4.92 Å². The van der Waals surface area contributed by atoms with E-state index in [4.69, 9.17) is 0 Å². The minimum absolute atomic E-state index is 0.0924.